The summed E-state index contributed by atoms with van der Waals surface area (Å²) in [7, 11) is 0. The van der Waals surface area contributed by atoms with Crippen LogP contribution < -0.4 is 5.32 Å². The van der Waals surface area contributed by atoms with Crippen molar-refractivity contribution in [3.05, 3.63) is 35.9 Å². The van der Waals surface area contributed by atoms with Crippen molar-refractivity contribution in [3.63, 3.8) is 0 Å². The fraction of sp³-hybridized carbons (Fsp3) is 0.562. The van der Waals surface area contributed by atoms with E-state index in [1.165, 1.54) is 0 Å². The SMILES string of the molecule is CC(C)(CNC(=O)OCc1ccccc1)C1(O)CCC1. The van der Waals surface area contributed by atoms with E-state index in [2.05, 4.69) is 5.32 Å². The summed E-state index contributed by atoms with van der Waals surface area (Å²) in [6, 6.07) is 9.56. The second kappa shape index (κ2) is 5.83. The van der Waals surface area contributed by atoms with Crippen molar-refractivity contribution in [2.24, 2.45) is 5.41 Å². The number of carbonyl (C=O) groups is 1. The van der Waals surface area contributed by atoms with Gasteiger partial charge in [-0.05, 0) is 24.8 Å². The maximum atomic E-state index is 11.7. The molecule has 0 spiro atoms. The highest BCUT2D eigenvalue weighted by Gasteiger charge is 2.47. The quantitative estimate of drug-likeness (QED) is 0.870. The number of carbonyl (C=O) groups excluding carboxylic acids is 1. The summed E-state index contributed by atoms with van der Waals surface area (Å²) in [5, 5.41) is 13.1. The molecule has 0 aliphatic heterocycles. The first-order valence-corrected chi connectivity index (χ1v) is 7.10. The second-order valence-electron chi connectivity index (χ2n) is 6.18. The van der Waals surface area contributed by atoms with E-state index < -0.39 is 11.7 Å². The monoisotopic (exact) mass is 277 g/mol. The number of benzene rings is 1. The third-order valence-corrected chi connectivity index (χ3v) is 4.33. The van der Waals surface area contributed by atoms with Crippen molar-refractivity contribution < 1.29 is 14.6 Å². The Labute approximate surface area is 120 Å². The summed E-state index contributed by atoms with van der Waals surface area (Å²) in [5.74, 6) is 0. The Balaban J connectivity index is 1.75. The van der Waals surface area contributed by atoms with Gasteiger partial charge in [-0.1, -0.05) is 44.2 Å². The van der Waals surface area contributed by atoms with Crippen LogP contribution in [0.15, 0.2) is 30.3 Å². The zero-order valence-corrected chi connectivity index (χ0v) is 12.2. The first kappa shape index (κ1) is 14.9. The van der Waals surface area contributed by atoms with Gasteiger partial charge in [-0.25, -0.2) is 4.79 Å². The Bertz CT molecular complexity index is 452. The standard InChI is InChI=1S/C16H23NO3/c1-15(2,16(19)9-6-10-16)12-17-14(18)20-11-13-7-4-3-5-8-13/h3-5,7-8,19H,6,9-12H2,1-2H3,(H,17,18). The van der Waals surface area contributed by atoms with E-state index in [4.69, 9.17) is 4.74 Å². The van der Waals surface area contributed by atoms with E-state index in [1.54, 1.807) is 0 Å². The molecule has 1 saturated carbocycles. The molecule has 0 unspecified atom stereocenters. The van der Waals surface area contributed by atoms with Crippen LogP contribution in [0.5, 0.6) is 0 Å². The number of rotatable bonds is 5. The fourth-order valence-electron chi connectivity index (χ4n) is 2.42. The molecule has 0 saturated heterocycles. The van der Waals surface area contributed by atoms with Crippen molar-refractivity contribution in [2.45, 2.75) is 45.3 Å². The van der Waals surface area contributed by atoms with E-state index in [0.717, 1.165) is 24.8 Å². The first-order valence-electron chi connectivity index (χ1n) is 7.10. The van der Waals surface area contributed by atoms with Gasteiger partial charge in [0.1, 0.15) is 6.61 Å². The van der Waals surface area contributed by atoms with Crippen molar-refractivity contribution in [3.8, 4) is 0 Å². The minimum Gasteiger partial charge on any atom is -0.445 e. The van der Waals surface area contributed by atoms with Crippen molar-refractivity contribution in [1.82, 2.24) is 5.32 Å². The molecule has 4 heteroatoms. The normalized spacial score (nSPS) is 17.1. The first-order chi connectivity index (χ1) is 9.43. The van der Waals surface area contributed by atoms with Gasteiger partial charge in [0.15, 0.2) is 0 Å². The molecule has 20 heavy (non-hydrogen) atoms. The van der Waals surface area contributed by atoms with Crippen LogP contribution in [0.3, 0.4) is 0 Å². The summed E-state index contributed by atoms with van der Waals surface area (Å²) in [5.41, 5.74) is -0.0315. The van der Waals surface area contributed by atoms with Gasteiger partial charge in [0, 0.05) is 12.0 Å². The summed E-state index contributed by atoms with van der Waals surface area (Å²) in [6.07, 6.45) is 2.23. The largest absolute Gasteiger partial charge is 0.445 e. The van der Waals surface area contributed by atoms with Crippen LogP contribution in [0.4, 0.5) is 4.79 Å². The molecule has 1 aliphatic rings. The van der Waals surface area contributed by atoms with Crippen molar-refractivity contribution in [2.75, 3.05) is 6.54 Å². The van der Waals surface area contributed by atoms with Crippen LogP contribution in [0.25, 0.3) is 0 Å². The van der Waals surface area contributed by atoms with Gasteiger partial charge in [-0.2, -0.15) is 0 Å². The number of nitrogens with one attached hydrogen (secondary N) is 1. The summed E-state index contributed by atoms with van der Waals surface area (Å²) < 4.78 is 5.16. The summed E-state index contributed by atoms with van der Waals surface area (Å²) in [6.45, 7) is 4.63. The lowest BCUT2D eigenvalue weighted by Crippen LogP contribution is -2.55. The van der Waals surface area contributed by atoms with Crippen LogP contribution >= 0.6 is 0 Å². The number of alkyl carbamates (subject to hydrolysis) is 1. The molecule has 1 fully saturated rings. The molecular formula is C16H23NO3. The minimum atomic E-state index is -0.653. The topological polar surface area (TPSA) is 58.6 Å². The van der Waals surface area contributed by atoms with Gasteiger partial charge < -0.3 is 15.2 Å². The van der Waals surface area contributed by atoms with E-state index in [1.807, 2.05) is 44.2 Å². The third-order valence-electron chi connectivity index (χ3n) is 4.33. The molecule has 0 bridgehead atoms. The van der Waals surface area contributed by atoms with E-state index >= 15 is 0 Å². The molecule has 2 N–H and O–H groups in total. The molecule has 0 atom stereocenters. The van der Waals surface area contributed by atoms with Crippen molar-refractivity contribution in [1.29, 1.82) is 0 Å². The van der Waals surface area contributed by atoms with E-state index in [-0.39, 0.29) is 12.0 Å². The highest BCUT2D eigenvalue weighted by Crippen LogP contribution is 2.45. The highest BCUT2D eigenvalue weighted by molar-refractivity contribution is 5.67. The van der Waals surface area contributed by atoms with E-state index in [0.29, 0.717) is 6.54 Å². The second-order valence-corrected chi connectivity index (χ2v) is 6.18. The minimum absolute atomic E-state index is 0.261. The Morgan fingerprint density at radius 3 is 2.55 bits per heavy atom. The zero-order chi connectivity index (χ0) is 14.6. The molecule has 1 aromatic carbocycles. The number of amides is 1. The molecule has 1 aliphatic carbocycles. The Hall–Kier alpha value is -1.55. The lowest BCUT2D eigenvalue weighted by Gasteiger charge is -2.49. The summed E-state index contributed by atoms with van der Waals surface area (Å²) >= 11 is 0. The molecule has 110 valence electrons. The van der Waals surface area contributed by atoms with Gasteiger partial charge >= 0.3 is 6.09 Å². The molecule has 0 aromatic heterocycles. The van der Waals surface area contributed by atoms with Gasteiger partial charge in [0.2, 0.25) is 0 Å². The highest BCUT2D eigenvalue weighted by atomic mass is 16.5. The lowest BCUT2D eigenvalue weighted by molar-refractivity contribution is -0.123. The molecule has 1 amide bonds. The number of hydrogen-bond acceptors (Lipinski definition) is 3. The smallest absolute Gasteiger partial charge is 0.407 e. The Morgan fingerprint density at radius 2 is 2.00 bits per heavy atom. The molecule has 2 rings (SSSR count). The number of hydrogen-bond donors (Lipinski definition) is 2. The molecule has 4 nitrogen and oxygen atoms in total. The lowest BCUT2D eigenvalue weighted by atomic mass is 9.63. The van der Waals surface area contributed by atoms with Crippen LogP contribution in [0, 0.1) is 5.41 Å². The number of ether oxygens (including phenoxy) is 1. The van der Waals surface area contributed by atoms with Crippen molar-refractivity contribution >= 4 is 6.09 Å². The molecule has 1 aromatic rings. The average Bonchev–Trinajstić information content (AvgIpc) is 2.41. The maximum Gasteiger partial charge on any atom is 0.407 e. The summed E-state index contributed by atoms with van der Waals surface area (Å²) in [4.78, 5) is 11.7. The van der Waals surface area contributed by atoms with Gasteiger partial charge in [0.05, 0.1) is 5.60 Å². The fourth-order valence-corrected chi connectivity index (χ4v) is 2.42. The molecule has 0 heterocycles. The predicted molar refractivity (Wildman–Crippen MR) is 77.2 cm³/mol. The predicted octanol–water partition coefficient (Wildman–Crippen LogP) is 2.85. The molecule has 0 radical (unpaired) electrons. The van der Waals surface area contributed by atoms with Crippen LogP contribution in [-0.2, 0) is 11.3 Å². The van der Waals surface area contributed by atoms with Gasteiger partial charge in [-0.15, -0.1) is 0 Å². The molecular weight excluding hydrogens is 254 g/mol. The van der Waals surface area contributed by atoms with Crippen LogP contribution in [-0.4, -0.2) is 23.3 Å². The third kappa shape index (κ3) is 3.31. The van der Waals surface area contributed by atoms with Crippen LogP contribution in [0.2, 0.25) is 0 Å². The van der Waals surface area contributed by atoms with Gasteiger partial charge in [0.25, 0.3) is 0 Å². The zero-order valence-electron chi connectivity index (χ0n) is 12.2. The Kier molecular flexibility index (Phi) is 4.33. The number of aliphatic hydroxyl groups is 1. The van der Waals surface area contributed by atoms with E-state index in [9.17, 15) is 9.90 Å². The van der Waals surface area contributed by atoms with Crippen LogP contribution in [0.1, 0.15) is 38.7 Å². The Morgan fingerprint density at radius 1 is 1.35 bits per heavy atom. The maximum absolute atomic E-state index is 11.7. The average molecular weight is 277 g/mol. The van der Waals surface area contributed by atoms with Gasteiger partial charge in [-0.3, -0.25) is 0 Å².